The number of anilines is 2. The molecule has 0 bridgehead atoms. The molecule has 5 rings (SSSR count). The Bertz CT molecular complexity index is 1370. The van der Waals surface area contributed by atoms with Gasteiger partial charge in [-0.05, 0) is 71.1 Å². The van der Waals surface area contributed by atoms with E-state index in [1.165, 1.54) is 6.07 Å². The number of nitrogens with zero attached hydrogens (tertiary/aromatic N) is 3. The average molecular weight is 614 g/mol. The van der Waals surface area contributed by atoms with Crippen LogP contribution in [0.2, 0.25) is 0 Å². The molecule has 3 aliphatic rings. The fraction of sp³-hybridized carbons (Fsp3) is 0.462. The van der Waals surface area contributed by atoms with Gasteiger partial charge in [0.15, 0.2) is 9.84 Å². The van der Waals surface area contributed by atoms with Gasteiger partial charge < -0.3 is 14.7 Å². The molecule has 2 aromatic rings. The molecule has 12 heteroatoms. The molecule has 7 nitrogen and oxygen atoms in total. The van der Waals surface area contributed by atoms with E-state index < -0.39 is 21.6 Å². The van der Waals surface area contributed by atoms with Crippen LogP contribution < -0.4 is 9.80 Å². The number of rotatable bonds is 6. The Balaban J connectivity index is 1.20. The first-order valence-corrected chi connectivity index (χ1v) is 14.9. The number of carbonyl (C=O) groups excluding carboxylic acids is 2. The van der Waals surface area contributed by atoms with Crippen LogP contribution in [0.25, 0.3) is 0 Å². The molecule has 0 N–H and O–H groups in total. The molecule has 2 amide bonds. The van der Waals surface area contributed by atoms with E-state index in [4.69, 9.17) is 0 Å². The Morgan fingerprint density at radius 3 is 2.37 bits per heavy atom. The van der Waals surface area contributed by atoms with Gasteiger partial charge in [0.25, 0.3) is 0 Å². The topological polar surface area (TPSA) is 78.0 Å². The van der Waals surface area contributed by atoms with E-state index in [2.05, 4.69) is 15.9 Å². The number of alkyl halides is 3. The van der Waals surface area contributed by atoms with Crippen molar-refractivity contribution in [2.75, 3.05) is 48.3 Å². The highest BCUT2D eigenvalue weighted by Crippen LogP contribution is 2.40. The number of halogens is 4. The zero-order valence-electron chi connectivity index (χ0n) is 20.5. The third-order valence-corrected chi connectivity index (χ3v) is 9.98. The summed E-state index contributed by atoms with van der Waals surface area (Å²) in [6.45, 7) is 1.80. The van der Waals surface area contributed by atoms with Crippen molar-refractivity contribution in [2.45, 2.75) is 36.8 Å². The number of hydrogen-bond acceptors (Lipinski definition) is 5. The second-order valence-corrected chi connectivity index (χ2v) is 12.8. The van der Waals surface area contributed by atoms with Crippen molar-refractivity contribution < 1.29 is 31.2 Å². The first-order chi connectivity index (χ1) is 17.9. The van der Waals surface area contributed by atoms with E-state index in [1.54, 1.807) is 32.9 Å². The highest BCUT2D eigenvalue weighted by atomic mass is 79.9. The zero-order valence-corrected chi connectivity index (χ0v) is 22.9. The van der Waals surface area contributed by atoms with Crippen molar-refractivity contribution in [1.29, 1.82) is 0 Å². The van der Waals surface area contributed by atoms with Gasteiger partial charge in [-0.3, -0.25) is 9.59 Å². The second-order valence-electron chi connectivity index (χ2n) is 9.91. The number of piperazine rings is 1. The van der Waals surface area contributed by atoms with Gasteiger partial charge in [-0.15, -0.1) is 0 Å². The molecule has 204 valence electrons. The number of fused-ring (bicyclic) bond motifs is 1. The van der Waals surface area contributed by atoms with Gasteiger partial charge in [-0.25, -0.2) is 8.42 Å². The molecule has 38 heavy (non-hydrogen) atoms. The Kier molecular flexibility index (Phi) is 7.23. The summed E-state index contributed by atoms with van der Waals surface area (Å²) in [4.78, 5) is 30.5. The summed E-state index contributed by atoms with van der Waals surface area (Å²) in [5, 5.41) is 0. The van der Waals surface area contributed by atoms with Crippen LogP contribution in [0.1, 0.15) is 30.4 Å². The predicted molar refractivity (Wildman–Crippen MR) is 140 cm³/mol. The maximum absolute atomic E-state index is 13.2. The molecular formula is C26H27BrF3N3O4S. The minimum absolute atomic E-state index is 0.0244. The highest BCUT2D eigenvalue weighted by molar-refractivity contribution is 9.10. The molecule has 0 atom stereocenters. The van der Waals surface area contributed by atoms with Crippen LogP contribution in [0.3, 0.4) is 0 Å². The first kappa shape index (κ1) is 27.0. The van der Waals surface area contributed by atoms with Crippen molar-refractivity contribution >= 4 is 49.0 Å². The van der Waals surface area contributed by atoms with Crippen molar-refractivity contribution in [3.8, 4) is 0 Å². The molecule has 2 aliphatic heterocycles. The van der Waals surface area contributed by atoms with E-state index in [1.807, 2.05) is 0 Å². The lowest BCUT2D eigenvalue weighted by Gasteiger charge is -2.36. The molecule has 2 aromatic carbocycles. The second kappa shape index (κ2) is 10.2. The molecule has 2 fully saturated rings. The van der Waals surface area contributed by atoms with Crippen LogP contribution in [0.15, 0.2) is 45.8 Å². The van der Waals surface area contributed by atoms with Crippen LogP contribution in [0, 0.1) is 5.92 Å². The molecule has 1 saturated heterocycles. The zero-order chi connectivity index (χ0) is 27.2. The number of sulfone groups is 1. The summed E-state index contributed by atoms with van der Waals surface area (Å²) in [5.74, 6) is -0.640. The maximum atomic E-state index is 13.2. The van der Waals surface area contributed by atoms with E-state index in [0.29, 0.717) is 41.9 Å². The third-order valence-electron chi connectivity index (χ3n) is 7.31. The van der Waals surface area contributed by atoms with Crippen molar-refractivity contribution in [3.05, 3.63) is 52.0 Å². The standard InChI is InChI=1S/C26H27BrF3N3O4S/c27-21-14-18-6-8-33(25(35)17-4-5-17)22(18)16-23(21)38(36,37)13-7-24(34)32-11-9-31(10-12-32)20-3-1-2-19(15-20)26(28,29)30/h1-3,14-17H,4-13H2. The third kappa shape index (κ3) is 5.56. The van der Waals surface area contributed by atoms with E-state index in [0.717, 1.165) is 30.5 Å². The van der Waals surface area contributed by atoms with Gasteiger partial charge in [-0.2, -0.15) is 13.2 Å². The monoisotopic (exact) mass is 613 g/mol. The van der Waals surface area contributed by atoms with Gasteiger partial charge in [0.05, 0.1) is 16.2 Å². The SMILES string of the molecule is O=C(CCS(=O)(=O)c1cc2c(cc1Br)CCN2C(=O)C1CC1)N1CCN(c2cccc(C(F)(F)F)c2)CC1. The van der Waals surface area contributed by atoms with Gasteiger partial charge in [-0.1, -0.05) is 6.07 Å². The fourth-order valence-corrected chi connectivity index (χ4v) is 7.43. The van der Waals surface area contributed by atoms with Crippen LogP contribution in [-0.4, -0.2) is 63.6 Å². The van der Waals surface area contributed by atoms with Crippen molar-refractivity contribution in [1.82, 2.24) is 4.90 Å². The molecule has 1 aliphatic carbocycles. The van der Waals surface area contributed by atoms with Crippen LogP contribution in [0.5, 0.6) is 0 Å². The number of carbonyl (C=O) groups is 2. The molecule has 0 unspecified atom stereocenters. The van der Waals surface area contributed by atoms with Crippen LogP contribution in [-0.2, 0) is 32.0 Å². The summed E-state index contributed by atoms with van der Waals surface area (Å²) < 4.78 is 66.0. The molecule has 2 heterocycles. The number of hydrogen-bond donors (Lipinski definition) is 0. The quantitative estimate of drug-likeness (QED) is 0.486. The van der Waals surface area contributed by atoms with Crippen LogP contribution >= 0.6 is 15.9 Å². The summed E-state index contributed by atoms with van der Waals surface area (Å²) in [6.07, 6.45) is -2.25. The normalized spacial score (nSPS) is 18.1. The lowest BCUT2D eigenvalue weighted by atomic mass is 10.1. The lowest BCUT2D eigenvalue weighted by Crippen LogP contribution is -2.49. The molecule has 0 spiro atoms. The van der Waals surface area contributed by atoms with E-state index in [-0.39, 0.29) is 47.9 Å². The fourth-order valence-electron chi connectivity index (χ4n) is 4.99. The van der Waals surface area contributed by atoms with E-state index in [9.17, 15) is 31.2 Å². The maximum Gasteiger partial charge on any atom is 0.416 e. The smallest absolute Gasteiger partial charge is 0.368 e. The van der Waals surface area contributed by atoms with Crippen LogP contribution in [0.4, 0.5) is 24.5 Å². The molecule has 0 radical (unpaired) electrons. The number of benzene rings is 2. The van der Waals surface area contributed by atoms with E-state index >= 15 is 0 Å². The van der Waals surface area contributed by atoms with Gasteiger partial charge in [0, 0.05) is 60.9 Å². The summed E-state index contributed by atoms with van der Waals surface area (Å²) in [7, 11) is -3.82. The Hall–Kier alpha value is -2.60. The number of amides is 2. The summed E-state index contributed by atoms with van der Waals surface area (Å²) in [5.41, 5.74) is 1.25. The summed E-state index contributed by atoms with van der Waals surface area (Å²) in [6, 6.07) is 8.37. The lowest BCUT2D eigenvalue weighted by molar-refractivity contribution is -0.137. The largest absolute Gasteiger partial charge is 0.416 e. The Morgan fingerprint density at radius 2 is 1.71 bits per heavy atom. The molecule has 0 aromatic heterocycles. The Morgan fingerprint density at radius 1 is 1.00 bits per heavy atom. The average Bonchev–Trinajstić information content (AvgIpc) is 3.66. The molecule has 1 saturated carbocycles. The first-order valence-electron chi connectivity index (χ1n) is 12.5. The molecular weight excluding hydrogens is 587 g/mol. The predicted octanol–water partition coefficient (Wildman–Crippen LogP) is 4.28. The summed E-state index contributed by atoms with van der Waals surface area (Å²) >= 11 is 3.36. The Labute approximate surface area is 227 Å². The minimum Gasteiger partial charge on any atom is -0.368 e. The van der Waals surface area contributed by atoms with Gasteiger partial charge in [0.1, 0.15) is 0 Å². The minimum atomic E-state index is -4.43. The van der Waals surface area contributed by atoms with Gasteiger partial charge >= 0.3 is 6.18 Å². The highest BCUT2D eigenvalue weighted by Gasteiger charge is 2.37. The van der Waals surface area contributed by atoms with Gasteiger partial charge in [0.2, 0.25) is 11.8 Å². The van der Waals surface area contributed by atoms with Crippen molar-refractivity contribution in [2.24, 2.45) is 5.92 Å². The van der Waals surface area contributed by atoms with Crippen molar-refractivity contribution in [3.63, 3.8) is 0 Å².